The van der Waals surface area contributed by atoms with Crippen molar-refractivity contribution in [1.29, 1.82) is 0 Å². The number of benzene rings is 3. The molecule has 0 spiro atoms. The Morgan fingerprint density at radius 3 is 2.69 bits per heavy atom. The molecule has 180 valence electrons. The van der Waals surface area contributed by atoms with Crippen LogP contribution in [0.25, 0.3) is 6.08 Å². The Bertz CT molecular complexity index is 1340. The molecule has 0 saturated carbocycles. The molecule has 0 aliphatic carbocycles. The average molecular weight is 572 g/mol. The van der Waals surface area contributed by atoms with Gasteiger partial charge in [-0.2, -0.15) is 0 Å². The number of amides is 1. The van der Waals surface area contributed by atoms with Crippen LogP contribution in [-0.4, -0.2) is 17.7 Å². The minimum Gasteiger partial charge on any atom is -0.490 e. The van der Waals surface area contributed by atoms with Crippen molar-refractivity contribution in [2.75, 3.05) is 6.61 Å². The van der Waals surface area contributed by atoms with Crippen molar-refractivity contribution in [3.8, 4) is 11.5 Å². The topological polar surface area (TPSA) is 59.9 Å². The average Bonchev–Trinajstić information content (AvgIpc) is 3.15. The van der Waals surface area contributed by atoms with Crippen LogP contribution in [0.2, 0.25) is 5.02 Å². The van der Waals surface area contributed by atoms with Crippen molar-refractivity contribution < 1.29 is 14.3 Å². The number of aliphatic imine (C=N–C) groups is 1. The van der Waals surface area contributed by atoms with Crippen molar-refractivity contribution in [2.45, 2.75) is 27.4 Å². The van der Waals surface area contributed by atoms with Gasteiger partial charge in [0.25, 0.3) is 5.91 Å². The van der Waals surface area contributed by atoms with E-state index in [9.17, 15) is 4.79 Å². The van der Waals surface area contributed by atoms with Crippen LogP contribution in [0.5, 0.6) is 11.5 Å². The number of ether oxygens (including phenoxy) is 2. The lowest BCUT2D eigenvalue weighted by atomic mass is 10.1. The van der Waals surface area contributed by atoms with Gasteiger partial charge in [0.2, 0.25) is 0 Å². The van der Waals surface area contributed by atoms with Gasteiger partial charge in [0.05, 0.1) is 21.7 Å². The molecule has 1 fully saturated rings. The summed E-state index contributed by atoms with van der Waals surface area (Å²) in [5.74, 6) is 1.02. The number of thioether (sulfide) groups is 1. The normalized spacial score (nSPS) is 15.5. The minimum atomic E-state index is -0.206. The fourth-order valence-electron chi connectivity index (χ4n) is 3.49. The van der Waals surface area contributed by atoms with Gasteiger partial charge >= 0.3 is 0 Å². The first-order valence-electron chi connectivity index (χ1n) is 11.0. The second kappa shape index (κ2) is 11.3. The summed E-state index contributed by atoms with van der Waals surface area (Å²) < 4.78 is 12.7. The van der Waals surface area contributed by atoms with Crippen LogP contribution in [-0.2, 0) is 11.4 Å². The fourth-order valence-corrected chi connectivity index (χ4v) is 5.07. The molecule has 5 nitrogen and oxygen atoms in total. The molecule has 35 heavy (non-hydrogen) atoms. The van der Waals surface area contributed by atoms with E-state index < -0.39 is 0 Å². The number of hydrogen-bond acceptors (Lipinski definition) is 5. The summed E-state index contributed by atoms with van der Waals surface area (Å²) in [7, 11) is 0. The third kappa shape index (κ3) is 6.28. The van der Waals surface area contributed by atoms with Gasteiger partial charge in [0, 0.05) is 5.02 Å². The molecule has 0 radical (unpaired) electrons. The second-order valence-electron chi connectivity index (χ2n) is 7.91. The van der Waals surface area contributed by atoms with E-state index in [0.717, 1.165) is 26.9 Å². The van der Waals surface area contributed by atoms with Gasteiger partial charge in [-0.1, -0.05) is 47.5 Å². The second-order valence-corrected chi connectivity index (χ2v) is 10.2. The molecule has 1 heterocycles. The first-order chi connectivity index (χ1) is 16.8. The van der Waals surface area contributed by atoms with E-state index in [0.29, 0.717) is 39.8 Å². The number of carbonyl (C=O) groups is 1. The predicted octanol–water partition coefficient (Wildman–Crippen LogP) is 7.59. The Kier molecular flexibility index (Phi) is 8.21. The third-order valence-corrected chi connectivity index (χ3v) is 7.12. The molecule has 8 heteroatoms. The van der Waals surface area contributed by atoms with Crippen LogP contribution < -0.4 is 14.8 Å². The lowest BCUT2D eigenvalue weighted by Crippen LogP contribution is -2.19. The molecule has 0 unspecified atom stereocenters. The molecule has 0 aromatic heterocycles. The standard InChI is InChI=1S/C27H24BrClN2O3S/c1-4-33-23-13-19(12-20(28)25(23)34-15-18-8-5-7-16(2)11-18)14-24-26(32)31-27(35-24)30-22-10-6-9-21(29)17(22)3/h5-14H,4,15H2,1-3H3,(H,30,31,32)/b24-14+. The Balaban J connectivity index is 1.57. The highest BCUT2D eigenvalue weighted by molar-refractivity contribution is 9.10. The summed E-state index contributed by atoms with van der Waals surface area (Å²) >= 11 is 11.1. The van der Waals surface area contributed by atoms with Crippen LogP contribution in [0.15, 0.2) is 69.0 Å². The van der Waals surface area contributed by atoms with E-state index in [-0.39, 0.29) is 5.91 Å². The van der Waals surface area contributed by atoms with Crippen LogP contribution >= 0.6 is 39.3 Å². The van der Waals surface area contributed by atoms with Crippen molar-refractivity contribution >= 4 is 62.1 Å². The monoisotopic (exact) mass is 570 g/mol. The van der Waals surface area contributed by atoms with Crippen molar-refractivity contribution in [2.24, 2.45) is 4.99 Å². The number of halogens is 2. The Morgan fingerprint density at radius 2 is 1.91 bits per heavy atom. The molecule has 0 atom stereocenters. The molecule has 3 aromatic carbocycles. The SMILES string of the molecule is CCOc1cc(/C=C2/SC(=Nc3cccc(Cl)c3C)NC2=O)cc(Br)c1OCc1cccc(C)c1. The van der Waals surface area contributed by atoms with Gasteiger partial charge in [0.1, 0.15) is 6.61 Å². The summed E-state index contributed by atoms with van der Waals surface area (Å²) in [5, 5.41) is 3.97. The van der Waals surface area contributed by atoms with Crippen molar-refractivity contribution in [1.82, 2.24) is 5.32 Å². The van der Waals surface area contributed by atoms with Gasteiger partial charge in [-0.15, -0.1) is 0 Å². The van der Waals surface area contributed by atoms with Crippen LogP contribution in [0.1, 0.15) is 29.2 Å². The lowest BCUT2D eigenvalue weighted by Gasteiger charge is -2.15. The maximum absolute atomic E-state index is 12.6. The van der Waals surface area contributed by atoms with E-state index in [1.54, 1.807) is 0 Å². The summed E-state index contributed by atoms with van der Waals surface area (Å²) in [6.07, 6.45) is 1.81. The number of nitrogens with one attached hydrogen (secondary N) is 1. The van der Waals surface area contributed by atoms with Gasteiger partial charge in [-0.05, 0) is 95.5 Å². The minimum absolute atomic E-state index is 0.206. The van der Waals surface area contributed by atoms with Crippen molar-refractivity contribution in [3.63, 3.8) is 0 Å². The van der Waals surface area contributed by atoms with Crippen molar-refractivity contribution in [3.05, 3.63) is 91.3 Å². The van der Waals surface area contributed by atoms with Gasteiger partial charge in [-0.25, -0.2) is 4.99 Å². The van der Waals surface area contributed by atoms with E-state index in [4.69, 9.17) is 21.1 Å². The van der Waals surface area contributed by atoms with Gasteiger partial charge in [0.15, 0.2) is 16.7 Å². The number of nitrogens with zero attached hydrogens (tertiary/aromatic N) is 1. The summed E-state index contributed by atoms with van der Waals surface area (Å²) in [4.78, 5) is 17.7. The van der Waals surface area contributed by atoms with E-state index >= 15 is 0 Å². The molecule has 0 bridgehead atoms. The molecule has 4 rings (SSSR count). The Labute approximate surface area is 222 Å². The fraction of sp³-hybridized carbons (Fsp3) is 0.185. The van der Waals surface area contributed by atoms with Gasteiger partial charge < -0.3 is 14.8 Å². The molecule has 1 aliphatic heterocycles. The Hall–Kier alpha value is -2.74. The van der Waals surface area contributed by atoms with E-state index in [2.05, 4.69) is 45.3 Å². The maximum Gasteiger partial charge on any atom is 0.264 e. The summed E-state index contributed by atoms with van der Waals surface area (Å²) in [5.41, 5.74) is 4.64. The molecule has 3 aromatic rings. The smallest absolute Gasteiger partial charge is 0.264 e. The first-order valence-corrected chi connectivity index (χ1v) is 13.0. The highest BCUT2D eigenvalue weighted by Gasteiger charge is 2.24. The molecular weight excluding hydrogens is 548 g/mol. The first kappa shape index (κ1) is 25.4. The number of hydrogen-bond donors (Lipinski definition) is 1. The zero-order valence-electron chi connectivity index (χ0n) is 19.5. The summed E-state index contributed by atoms with van der Waals surface area (Å²) in [6.45, 7) is 6.77. The van der Waals surface area contributed by atoms with Crippen LogP contribution in [0, 0.1) is 13.8 Å². The van der Waals surface area contributed by atoms with E-state index in [1.807, 2.05) is 62.4 Å². The number of amidine groups is 1. The highest BCUT2D eigenvalue weighted by atomic mass is 79.9. The molecule has 1 amide bonds. The maximum atomic E-state index is 12.6. The van der Waals surface area contributed by atoms with Gasteiger partial charge in [-0.3, -0.25) is 4.79 Å². The largest absolute Gasteiger partial charge is 0.490 e. The molecule has 1 N–H and O–H groups in total. The number of rotatable bonds is 7. The molecular formula is C27H24BrClN2O3S. The summed E-state index contributed by atoms with van der Waals surface area (Å²) in [6, 6.07) is 17.5. The Morgan fingerprint density at radius 1 is 1.11 bits per heavy atom. The van der Waals surface area contributed by atoms with Crippen LogP contribution in [0.3, 0.4) is 0 Å². The molecule has 1 saturated heterocycles. The quantitative estimate of drug-likeness (QED) is 0.297. The number of aryl methyl sites for hydroxylation is 1. The predicted molar refractivity (Wildman–Crippen MR) is 148 cm³/mol. The van der Waals surface area contributed by atoms with E-state index in [1.165, 1.54) is 17.3 Å². The number of carbonyl (C=O) groups excluding carboxylic acids is 1. The zero-order valence-corrected chi connectivity index (χ0v) is 22.7. The highest BCUT2D eigenvalue weighted by Crippen LogP contribution is 2.39. The van der Waals surface area contributed by atoms with Crippen LogP contribution in [0.4, 0.5) is 5.69 Å². The third-order valence-electron chi connectivity index (χ3n) is 5.21. The lowest BCUT2D eigenvalue weighted by molar-refractivity contribution is -0.115. The zero-order chi connectivity index (χ0) is 24.9. The molecule has 1 aliphatic rings.